The summed E-state index contributed by atoms with van der Waals surface area (Å²) in [5, 5.41) is 3.33. The Kier molecular flexibility index (Phi) is 5.64. The molecule has 2 N–H and O–H groups in total. The van der Waals surface area contributed by atoms with E-state index in [0.29, 0.717) is 5.69 Å². The topological polar surface area (TPSA) is 54.1 Å². The molecule has 16 heavy (non-hydrogen) atoms. The number of aromatic nitrogens is 1. The number of carbonyl (C=O) groups is 1. The zero-order valence-electron chi connectivity index (χ0n) is 10.0. The van der Waals surface area contributed by atoms with Gasteiger partial charge in [0.15, 0.2) is 0 Å². The van der Waals surface area contributed by atoms with Gasteiger partial charge < -0.3 is 15.0 Å². The Balaban J connectivity index is 2.27. The molecular formula is C12H20N2O2. The fourth-order valence-corrected chi connectivity index (χ4v) is 1.50. The lowest BCUT2D eigenvalue weighted by molar-refractivity contribution is 0.0595. The van der Waals surface area contributed by atoms with Crippen molar-refractivity contribution in [2.45, 2.75) is 32.7 Å². The molecule has 4 heteroatoms. The van der Waals surface area contributed by atoms with Crippen molar-refractivity contribution in [1.29, 1.82) is 0 Å². The summed E-state index contributed by atoms with van der Waals surface area (Å²) in [7, 11) is 1.38. The Morgan fingerprint density at radius 3 is 3.00 bits per heavy atom. The molecule has 0 saturated heterocycles. The highest BCUT2D eigenvalue weighted by molar-refractivity contribution is 5.87. The van der Waals surface area contributed by atoms with Gasteiger partial charge in [-0.15, -0.1) is 0 Å². The average molecular weight is 224 g/mol. The van der Waals surface area contributed by atoms with Gasteiger partial charge >= 0.3 is 5.97 Å². The van der Waals surface area contributed by atoms with Crippen LogP contribution in [0.2, 0.25) is 0 Å². The summed E-state index contributed by atoms with van der Waals surface area (Å²) >= 11 is 0. The first-order chi connectivity index (χ1) is 7.77. The molecule has 0 aromatic carbocycles. The van der Waals surface area contributed by atoms with E-state index in [1.54, 1.807) is 0 Å². The van der Waals surface area contributed by atoms with E-state index in [4.69, 9.17) is 0 Å². The molecule has 0 saturated carbocycles. The Morgan fingerprint density at radius 1 is 1.50 bits per heavy atom. The zero-order valence-corrected chi connectivity index (χ0v) is 10.0. The first-order valence-electron chi connectivity index (χ1n) is 5.74. The third-order valence-corrected chi connectivity index (χ3v) is 2.43. The fraction of sp³-hybridized carbons (Fsp3) is 0.583. The SMILES string of the molecule is CCCCCNCc1c[nH]c(C(=O)OC)c1. The third-order valence-electron chi connectivity index (χ3n) is 2.43. The van der Waals surface area contributed by atoms with Gasteiger partial charge in [-0.1, -0.05) is 19.8 Å². The minimum Gasteiger partial charge on any atom is -0.464 e. The molecule has 1 aromatic heterocycles. The van der Waals surface area contributed by atoms with Crippen molar-refractivity contribution < 1.29 is 9.53 Å². The van der Waals surface area contributed by atoms with Crippen molar-refractivity contribution in [2.24, 2.45) is 0 Å². The Morgan fingerprint density at radius 2 is 2.31 bits per heavy atom. The van der Waals surface area contributed by atoms with Crippen molar-refractivity contribution in [2.75, 3.05) is 13.7 Å². The van der Waals surface area contributed by atoms with Crippen molar-refractivity contribution in [3.63, 3.8) is 0 Å². The molecule has 0 amide bonds. The maximum absolute atomic E-state index is 11.2. The molecule has 0 radical (unpaired) electrons. The number of nitrogens with one attached hydrogen (secondary N) is 2. The van der Waals surface area contributed by atoms with Crippen LogP contribution in [-0.2, 0) is 11.3 Å². The minimum atomic E-state index is -0.322. The van der Waals surface area contributed by atoms with Gasteiger partial charge in [-0.2, -0.15) is 0 Å². The number of methoxy groups -OCH3 is 1. The van der Waals surface area contributed by atoms with E-state index in [-0.39, 0.29) is 5.97 Å². The van der Waals surface area contributed by atoms with E-state index in [1.165, 1.54) is 26.4 Å². The zero-order chi connectivity index (χ0) is 11.8. The van der Waals surface area contributed by atoms with Gasteiger partial charge in [-0.25, -0.2) is 4.79 Å². The van der Waals surface area contributed by atoms with Crippen molar-refractivity contribution in [3.05, 3.63) is 23.5 Å². The molecular weight excluding hydrogens is 204 g/mol. The molecule has 90 valence electrons. The number of unbranched alkanes of at least 4 members (excludes halogenated alkanes) is 2. The van der Waals surface area contributed by atoms with E-state index in [1.807, 2.05) is 12.3 Å². The Hall–Kier alpha value is -1.29. The van der Waals surface area contributed by atoms with Crippen LogP contribution in [0.1, 0.15) is 42.2 Å². The quantitative estimate of drug-likeness (QED) is 0.550. The van der Waals surface area contributed by atoms with E-state index in [0.717, 1.165) is 18.7 Å². The lowest BCUT2D eigenvalue weighted by Crippen LogP contribution is -2.14. The van der Waals surface area contributed by atoms with Gasteiger partial charge in [0.05, 0.1) is 7.11 Å². The summed E-state index contributed by atoms with van der Waals surface area (Å²) in [5.74, 6) is -0.322. The second-order valence-electron chi connectivity index (χ2n) is 3.80. The predicted octanol–water partition coefficient (Wildman–Crippen LogP) is 2.08. The first kappa shape index (κ1) is 12.8. The second kappa shape index (κ2) is 7.06. The van der Waals surface area contributed by atoms with Crippen LogP contribution in [0.25, 0.3) is 0 Å². The lowest BCUT2D eigenvalue weighted by atomic mass is 10.2. The molecule has 0 bridgehead atoms. The molecule has 0 spiro atoms. The van der Waals surface area contributed by atoms with E-state index in [9.17, 15) is 4.79 Å². The standard InChI is InChI=1S/C12H20N2O2/c1-3-4-5-6-13-8-10-7-11(14-9-10)12(15)16-2/h7,9,13-14H,3-6,8H2,1-2H3. The molecule has 0 fully saturated rings. The predicted molar refractivity (Wildman–Crippen MR) is 63.4 cm³/mol. The largest absolute Gasteiger partial charge is 0.464 e. The summed E-state index contributed by atoms with van der Waals surface area (Å²) in [4.78, 5) is 14.1. The van der Waals surface area contributed by atoms with Crippen LogP contribution in [0.3, 0.4) is 0 Å². The van der Waals surface area contributed by atoms with Gasteiger partial charge in [0.2, 0.25) is 0 Å². The summed E-state index contributed by atoms with van der Waals surface area (Å²) < 4.78 is 4.62. The molecule has 0 atom stereocenters. The van der Waals surface area contributed by atoms with Crippen LogP contribution in [-0.4, -0.2) is 24.6 Å². The van der Waals surface area contributed by atoms with Crippen LogP contribution >= 0.6 is 0 Å². The highest BCUT2D eigenvalue weighted by Gasteiger charge is 2.07. The molecule has 4 nitrogen and oxygen atoms in total. The van der Waals surface area contributed by atoms with Crippen LogP contribution in [0.5, 0.6) is 0 Å². The second-order valence-corrected chi connectivity index (χ2v) is 3.80. The molecule has 1 heterocycles. The van der Waals surface area contributed by atoms with Crippen molar-refractivity contribution in [3.8, 4) is 0 Å². The monoisotopic (exact) mass is 224 g/mol. The van der Waals surface area contributed by atoms with Crippen LogP contribution in [0.15, 0.2) is 12.3 Å². The molecule has 1 aromatic rings. The van der Waals surface area contributed by atoms with Crippen molar-refractivity contribution in [1.82, 2.24) is 10.3 Å². The number of hydrogen-bond donors (Lipinski definition) is 2. The van der Waals surface area contributed by atoms with Crippen molar-refractivity contribution >= 4 is 5.97 Å². The maximum Gasteiger partial charge on any atom is 0.354 e. The summed E-state index contributed by atoms with van der Waals surface area (Å²) in [6, 6.07) is 1.82. The number of hydrogen-bond acceptors (Lipinski definition) is 3. The molecule has 0 aliphatic heterocycles. The molecule has 0 aliphatic carbocycles. The Labute approximate surface area is 96.4 Å². The number of carbonyl (C=O) groups excluding carboxylic acids is 1. The van der Waals surface area contributed by atoms with Crippen LogP contribution in [0.4, 0.5) is 0 Å². The number of esters is 1. The molecule has 1 rings (SSSR count). The van der Waals surface area contributed by atoms with Gasteiger partial charge in [0.1, 0.15) is 5.69 Å². The fourth-order valence-electron chi connectivity index (χ4n) is 1.50. The minimum absolute atomic E-state index is 0.322. The van der Waals surface area contributed by atoms with Gasteiger partial charge in [-0.05, 0) is 24.6 Å². The normalized spacial score (nSPS) is 10.4. The smallest absolute Gasteiger partial charge is 0.354 e. The average Bonchev–Trinajstić information content (AvgIpc) is 2.76. The first-order valence-corrected chi connectivity index (χ1v) is 5.74. The van der Waals surface area contributed by atoms with Gasteiger partial charge in [-0.3, -0.25) is 0 Å². The number of ether oxygens (including phenoxy) is 1. The number of H-pyrrole nitrogens is 1. The number of rotatable bonds is 7. The van der Waals surface area contributed by atoms with Crippen LogP contribution in [0, 0.1) is 0 Å². The van der Waals surface area contributed by atoms with Crippen LogP contribution < -0.4 is 5.32 Å². The third kappa shape index (κ3) is 4.06. The van der Waals surface area contributed by atoms with E-state index >= 15 is 0 Å². The Bertz CT molecular complexity index is 321. The highest BCUT2D eigenvalue weighted by Crippen LogP contribution is 2.04. The lowest BCUT2D eigenvalue weighted by Gasteiger charge is -2.01. The van der Waals surface area contributed by atoms with Gasteiger partial charge in [0, 0.05) is 12.7 Å². The summed E-state index contributed by atoms with van der Waals surface area (Å²) in [6.07, 6.45) is 5.52. The number of aromatic amines is 1. The van der Waals surface area contributed by atoms with E-state index < -0.39 is 0 Å². The maximum atomic E-state index is 11.2. The molecule has 0 aliphatic rings. The van der Waals surface area contributed by atoms with E-state index in [2.05, 4.69) is 22.0 Å². The summed E-state index contributed by atoms with van der Waals surface area (Å²) in [6.45, 7) is 4.00. The highest BCUT2D eigenvalue weighted by atomic mass is 16.5. The summed E-state index contributed by atoms with van der Waals surface area (Å²) in [5.41, 5.74) is 1.59. The van der Waals surface area contributed by atoms with Gasteiger partial charge in [0.25, 0.3) is 0 Å². The molecule has 0 unspecified atom stereocenters.